The van der Waals surface area contributed by atoms with Crippen LogP contribution < -0.4 is 0 Å². The Morgan fingerprint density at radius 3 is 2.08 bits per heavy atom. The van der Waals surface area contributed by atoms with Crippen molar-refractivity contribution >= 4 is 22.6 Å². The second-order valence-corrected chi connectivity index (χ2v) is 3.91. The number of hydrogen-bond donors (Lipinski definition) is 0. The van der Waals surface area contributed by atoms with Crippen LogP contribution in [0.4, 0.5) is 0 Å². The molecule has 0 unspecified atom stereocenters. The van der Waals surface area contributed by atoms with E-state index in [0.29, 0.717) is 0 Å². The quantitative estimate of drug-likeness (QED) is 0.278. The van der Waals surface area contributed by atoms with Crippen molar-refractivity contribution in [3.05, 3.63) is 24.3 Å². The highest BCUT2D eigenvalue weighted by molar-refractivity contribution is 14.1. The van der Waals surface area contributed by atoms with E-state index in [2.05, 4.69) is 53.8 Å². The number of halogens is 1. The summed E-state index contributed by atoms with van der Waals surface area (Å²) in [6.07, 6.45) is 15.2. The van der Waals surface area contributed by atoms with Crippen molar-refractivity contribution in [2.24, 2.45) is 0 Å². The summed E-state index contributed by atoms with van der Waals surface area (Å²) < 4.78 is 1.27. The molecule has 0 aromatic rings. The molecule has 0 aromatic carbocycles. The maximum atomic E-state index is 2.41. The van der Waals surface area contributed by atoms with Gasteiger partial charge in [0.15, 0.2) is 0 Å². The van der Waals surface area contributed by atoms with Gasteiger partial charge in [-0.2, -0.15) is 0 Å². The first-order valence-corrected chi connectivity index (χ1v) is 6.32. The summed E-state index contributed by atoms with van der Waals surface area (Å²) in [6.45, 7) is 2.23. The lowest BCUT2D eigenvalue weighted by atomic mass is 10.2. The molecule has 0 N–H and O–H groups in total. The maximum Gasteiger partial charge on any atom is -0.000178 e. The average molecular weight is 278 g/mol. The van der Waals surface area contributed by atoms with E-state index in [1.54, 1.807) is 0 Å². The molecule has 0 atom stereocenters. The van der Waals surface area contributed by atoms with Crippen molar-refractivity contribution in [3.8, 4) is 0 Å². The fraction of sp³-hybridized carbons (Fsp3) is 0.636. The molecule has 0 saturated heterocycles. The van der Waals surface area contributed by atoms with E-state index in [0.717, 1.165) is 0 Å². The van der Waals surface area contributed by atoms with Crippen molar-refractivity contribution < 1.29 is 0 Å². The Bertz CT molecular complexity index is 109. The van der Waals surface area contributed by atoms with Crippen molar-refractivity contribution in [2.45, 2.75) is 39.0 Å². The van der Waals surface area contributed by atoms with Crippen molar-refractivity contribution in [1.82, 2.24) is 0 Å². The molecular weight excluding hydrogens is 259 g/mol. The number of rotatable bonds is 7. The minimum atomic E-state index is 1.22. The van der Waals surface area contributed by atoms with Crippen LogP contribution in [0, 0.1) is 0 Å². The number of unbranched alkanes of at least 4 members (excludes halogenated alkanes) is 3. The lowest BCUT2D eigenvalue weighted by Gasteiger charge is -1.86. The van der Waals surface area contributed by atoms with Gasteiger partial charge in [0, 0.05) is 0 Å². The van der Waals surface area contributed by atoms with Gasteiger partial charge in [-0.3, -0.25) is 0 Å². The van der Waals surface area contributed by atoms with Gasteiger partial charge in [0.25, 0.3) is 0 Å². The van der Waals surface area contributed by atoms with E-state index < -0.39 is 0 Å². The first-order valence-electron chi connectivity index (χ1n) is 4.79. The van der Waals surface area contributed by atoms with Crippen molar-refractivity contribution in [3.63, 3.8) is 0 Å². The maximum absolute atomic E-state index is 2.41. The highest BCUT2D eigenvalue weighted by Gasteiger charge is 1.77. The molecule has 0 amide bonds. The predicted molar refractivity (Wildman–Crippen MR) is 65.9 cm³/mol. The van der Waals surface area contributed by atoms with E-state index in [1.807, 2.05) is 0 Å². The Morgan fingerprint density at radius 1 is 1.00 bits per heavy atom. The lowest BCUT2D eigenvalue weighted by Crippen LogP contribution is -1.69. The molecule has 0 saturated carbocycles. The van der Waals surface area contributed by atoms with Crippen LogP contribution in [0.15, 0.2) is 24.3 Å². The minimum Gasteiger partial charge on any atom is -0.0864 e. The van der Waals surface area contributed by atoms with Crippen molar-refractivity contribution in [1.29, 1.82) is 0 Å². The number of hydrogen-bond acceptors (Lipinski definition) is 0. The first kappa shape index (κ1) is 12.2. The predicted octanol–water partition coefficient (Wildman–Crippen LogP) is 4.50. The Hall–Kier alpha value is 0.210. The molecule has 0 nitrogen and oxygen atoms in total. The lowest BCUT2D eigenvalue weighted by molar-refractivity contribution is 0.815. The van der Waals surface area contributed by atoms with E-state index in [1.165, 1.54) is 36.5 Å². The van der Waals surface area contributed by atoms with E-state index in [-0.39, 0.29) is 0 Å². The monoisotopic (exact) mass is 278 g/mol. The molecule has 0 heterocycles. The third kappa shape index (κ3) is 10.2. The molecule has 12 heavy (non-hydrogen) atoms. The van der Waals surface area contributed by atoms with Gasteiger partial charge >= 0.3 is 0 Å². The molecule has 0 aliphatic rings. The number of allylic oxidation sites excluding steroid dienone is 4. The second kappa shape index (κ2) is 11.2. The van der Waals surface area contributed by atoms with E-state index in [4.69, 9.17) is 0 Å². The molecule has 0 radical (unpaired) electrons. The molecule has 0 aliphatic carbocycles. The van der Waals surface area contributed by atoms with Crippen LogP contribution in [-0.4, -0.2) is 4.43 Å². The Morgan fingerprint density at radius 2 is 1.58 bits per heavy atom. The molecular formula is C11H19I. The van der Waals surface area contributed by atoms with Gasteiger partial charge in [0.05, 0.1) is 0 Å². The van der Waals surface area contributed by atoms with E-state index in [9.17, 15) is 0 Å². The van der Waals surface area contributed by atoms with Gasteiger partial charge in [-0.05, 0) is 23.7 Å². The first-order chi connectivity index (χ1) is 5.91. The highest BCUT2D eigenvalue weighted by Crippen LogP contribution is 1.97. The smallest absolute Gasteiger partial charge is 0.000178 e. The van der Waals surface area contributed by atoms with Crippen molar-refractivity contribution in [2.75, 3.05) is 4.43 Å². The van der Waals surface area contributed by atoms with Crippen LogP contribution in [0.2, 0.25) is 0 Å². The highest BCUT2D eigenvalue weighted by atomic mass is 127. The van der Waals surface area contributed by atoms with Crippen LogP contribution in [0.25, 0.3) is 0 Å². The third-order valence-corrected chi connectivity index (χ3v) is 2.37. The zero-order valence-corrected chi connectivity index (χ0v) is 10.1. The van der Waals surface area contributed by atoms with E-state index >= 15 is 0 Å². The summed E-state index contributed by atoms with van der Waals surface area (Å²) in [6, 6.07) is 0. The summed E-state index contributed by atoms with van der Waals surface area (Å²) in [5, 5.41) is 0. The Labute approximate surface area is 90.3 Å². The van der Waals surface area contributed by atoms with Gasteiger partial charge in [0.2, 0.25) is 0 Å². The van der Waals surface area contributed by atoms with Gasteiger partial charge in [-0.25, -0.2) is 0 Å². The molecule has 1 heteroatoms. The Kier molecular flexibility index (Phi) is 11.4. The summed E-state index contributed by atoms with van der Waals surface area (Å²) in [5.41, 5.74) is 0. The van der Waals surface area contributed by atoms with Crippen LogP contribution in [0.5, 0.6) is 0 Å². The molecule has 0 bridgehead atoms. The van der Waals surface area contributed by atoms with Crippen LogP contribution in [0.1, 0.15) is 39.0 Å². The van der Waals surface area contributed by atoms with Gasteiger partial charge < -0.3 is 0 Å². The molecule has 70 valence electrons. The molecule has 0 fully saturated rings. The fourth-order valence-corrected chi connectivity index (χ4v) is 1.31. The SMILES string of the molecule is CCCC/C=C/C=C\CCCI. The zero-order chi connectivity index (χ0) is 9.07. The second-order valence-electron chi connectivity index (χ2n) is 2.83. The van der Waals surface area contributed by atoms with Crippen LogP contribution >= 0.6 is 22.6 Å². The fourth-order valence-electron chi connectivity index (χ4n) is 0.867. The summed E-state index contributed by atoms with van der Waals surface area (Å²) in [7, 11) is 0. The third-order valence-electron chi connectivity index (χ3n) is 1.61. The zero-order valence-electron chi connectivity index (χ0n) is 7.93. The average Bonchev–Trinajstić information content (AvgIpc) is 2.10. The van der Waals surface area contributed by atoms with Crippen LogP contribution in [0.3, 0.4) is 0 Å². The summed E-state index contributed by atoms with van der Waals surface area (Å²) >= 11 is 2.41. The van der Waals surface area contributed by atoms with Gasteiger partial charge in [0.1, 0.15) is 0 Å². The van der Waals surface area contributed by atoms with Gasteiger partial charge in [-0.1, -0.05) is 66.7 Å². The summed E-state index contributed by atoms with van der Waals surface area (Å²) in [5.74, 6) is 0. The summed E-state index contributed by atoms with van der Waals surface area (Å²) in [4.78, 5) is 0. The molecule has 0 spiro atoms. The minimum absolute atomic E-state index is 1.22. The van der Waals surface area contributed by atoms with Gasteiger partial charge in [-0.15, -0.1) is 0 Å². The molecule has 0 aromatic heterocycles. The Balaban J connectivity index is 3.15. The molecule has 0 rings (SSSR count). The normalized spacial score (nSPS) is 11.8. The molecule has 0 aliphatic heterocycles. The van der Waals surface area contributed by atoms with Crippen LogP contribution in [-0.2, 0) is 0 Å². The largest absolute Gasteiger partial charge is 0.0864 e. The number of alkyl halides is 1. The topological polar surface area (TPSA) is 0 Å². The standard InChI is InChI=1S/C11H19I/c1-2-3-4-5-6-7-8-9-10-11-12/h5-8H,2-4,9-11H2,1H3/b6-5+,8-7-.